The molecule has 2 nitrogen and oxygen atoms in total. The third-order valence-corrected chi connectivity index (χ3v) is 4.13. The number of para-hydroxylation sites is 1. The monoisotopic (exact) mass is 233 g/mol. The summed E-state index contributed by atoms with van der Waals surface area (Å²) < 4.78 is 0. The van der Waals surface area contributed by atoms with Gasteiger partial charge in [-0.1, -0.05) is 31.5 Å². The van der Waals surface area contributed by atoms with E-state index in [0.717, 1.165) is 24.4 Å². The minimum Gasteiger partial charge on any atom is -0.394 e. The van der Waals surface area contributed by atoms with Crippen LogP contribution in [0.1, 0.15) is 39.0 Å². The van der Waals surface area contributed by atoms with Gasteiger partial charge >= 0.3 is 0 Å². The van der Waals surface area contributed by atoms with Gasteiger partial charge in [0.05, 0.1) is 12.1 Å². The molecule has 17 heavy (non-hydrogen) atoms. The molecule has 1 aromatic rings. The van der Waals surface area contributed by atoms with Crippen molar-refractivity contribution in [2.75, 3.05) is 11.9 Å². The van der Waals surface area contributed by atoms with Crippen LogP contribution < -0.4 is 5.32 Å². The lowest BCUT2D eigenvalue weighted by Gasteiger charge is -2.40. The van der Waals surface area contributed by atoms with E-state index in [-0.39, 0.29) is 12.1 Å². The van der Waals surface area contributed by atoms with E-state index in [1.807, 2.05) is 18.2 Å². The molecule has 1 aliphatic rings. The molecule has 0 aliphatic heterocycles. The normalized spacial score (nSPS) is 28.9. The highest BCUT2D eigenvalue weighted by Crippen LogP contribution is 2.35. The zero-order chi connectivity index (χ0) is 12.1. The minimum atomic E-state index is -0.0903. The summed E-state index contributed by atoms with van der Waals surface area (Å²) in [5.41, 5.74) is 1.03. The average molecular weight is 233 g/mol. The summed E-state index contributed by atoms with van der Waals surface area (Å²) in [6, 6.07) is 10.2. The van der Waals surface area contributed by atoms with Crippen molar-refractivity contribution < 1.29 is 5.11 Å². The van der Waals surface area contributed by atoms with Crippen LogP contribution in [-0.4, -0.2) is 17.3 Å². The zero-order valence-electron chi connectivity index (χ0n) is 10.7. The molecular weight excluding hydrogens is 210 g/mol. The van der Waals surface area contributed by atoms with E-state index in [0.29, 0.717) is 0 Å². The molecule has 0 aromatic heterocycles. The Kier molecular flexibility index (Phi) is 4.06. The first kappa shape index (κ1) is 12.4. The van der Waals surface area contributed by atoms with E-state index in [1.165, 1.54) is 19.3 Å². The molecule has 1 aliphatic carbocycles. The number of rotatable bonds is 4. The Bertz CT molecular complexity index is 328. The zero-order valence-corrected chi connectivity index (χ0v) is 10.7. The lowest BCUT2D eigenvalue weighted by molar-refractivity contribution is 0.150. The highest BCUT2D eigenvalue weighted by Gasteiger charge is 2.34. The van der Waals surface area contributed by atoms with Gasteiger partial charge in [-0.2, -0.15) is 0 Å². The van der Waals surface area contributed by atoms with E-state index >= 15 is 0 Å². The molecule has 0 heterocycles. The molecule has 2 heteroatoms. The van der Waals surface area contributed by atoms with Gasteiger partial charge < -0.3 is 10.4 Å². The summed E-state index contributed by atoms with van der Waals surface area (Å²) in [6.45, 7) is 2.50. The maximum atomic E-state index is 9.70. The van der Waals surface area contributed by atoms with Crippen LogP contribution in [0, 0.1) is 5.92 Å². The number of benzene rings is 1. The predicted molar refractivity (Wildman–Crippen MR) is 72.1 cm³/mol. The molecule has 0 unspecified atom stereocenters. The summed E-state index contributed by atoms with van der Waals surface area (Å²) in [4.78, 5) is 0. The summed E-state index contributed by atoms with van der Waals surface area (Å²) in [5, 5.41) is 13.2. The van der Waals surface area contributed by atoms with Crippen LogP contribution in [0.15, 0.2) is 30.3 Å². The first-order chi connectivity index (χ1) is 8.28. The van der Waals surface area contributed by atoms with Gasteiger partial charge in [0, 0.05) is 5.69 Å². The quantitative estimate of drug-likeness (QED) is 0.835. The maximum absolute atomic E-state index is 9.70. The number of hydrogen-bond acceptors (Lipinski definition) is 2. The SMILES string of the molecule is CCC1CCC(CO)(Nc2ccccc2)CC1. The Morgan fingerprint density at radius 1 is 1.24 bits per heavy atom. The van der Waals surface area contributed by atoms with Gasteiger partial charge in [0.25, 0.3) is 0 Å². The molecule has 1 aromatic carbocycles. The fourth-order valence-corrected chi connectivity index (χ4v) is 2.79. The maximum Gasteiger partial charge on any atom is 0.0661 e. The van der Waals surface area contributed by atoms with Crippen LogP contribution in [0.25, 0.3) is 0 Å². The van der Waals surface area contributed by atoms with Crippen LogP contribution in [0.4, 0.5) is 5.69 Å². The van der Waals surface area contributed by atoms with Crippen molar-refractivity contribution in [3.05, 3.63) is 30.3 Å². The highest BCUT2D eigenvalue weighted by molar-refractivity contribution is 5.45. The molecule has 0 saturated heterocycles. The van der Waals surface area contributed by atoms with Gasteiger partial charge in [-0.3, -0.25) is 0 Å². The number of hydrogen-bond donors (Lipinski definition) is 2. The summed E-state index contributed by atoms with van der Waals surface area (Å²) >= 11 is 0. The van der Waals surface area contributed by atoms with Gasteiger partial charge in [0.1, 0.15) is 0 Å². The van der Waals surface area contributed by atoms with Crippen molar-refractivity contribution in [3.8, 4) is 0 Å². The van der Waals surface area contributed by atoms with Crippen molar-refractivity contribution in [2.24, 2.45) is 5.92 Å². The second-order valence-electron chi connectivity index (χ2n) is 5.28. The van der Waals surface area contributed by atoms with Crippen LogP contribution in [0.3, 0.4) is 0 Å². The molecule has 2 N–H and O–H groups in total. The Morgan fingerprint density at radius 2 is 1.88 bits per heavy atom. The van der Waals surface area contributed by atoms with Gasteiger partial charge in [-0.05, 0) is 43.7 Å². The van der Waals surface area contributed by atoms with E-state index in [2.05, 4.69) is 24.4 Å². The van der Waals surface area contributed by atoms with Crippen molar-refractivity contribution >= 4 is 5.69 Å². The second-order valence-corrected chi connectivity index (χ2v) is 5.28. The summed E-state index contributed by atoms with van der Waals surface area (Å²) in [7, 11) is 0. The van der Waals surface area contributed by atoms with E-state index in [9.17, 15) is 5.11 Å². The molecule has 1 fully saturated rings. The largest absolute Gasteiger partial charge is 0.394 e. The molecule has 0 bridgehead atoms. The van der Waals surface area contributed by atoms with Crippen LogP contribution in [0.2, 0.25) is 0 Å². The van der Waals surface area contributed by atoms with Crippen LogP contribution in [-0.2, 0) is 0 Å². The molecule has 0 atom stereocenters. The highest BCUT2D eigenvalue weighted by atomic mass is 16.3. The fraction of sp³-hybridized carbons (Fsp3) is 0.600. The summed E-state index contributed by atoms with van der Waals surface area (Å²) in [6.07, 6.45) is 5.90. The standard InChI is InChI=1S/C15H23NO/c1-2-13-8-10-15(12-17,11-9-13)16-14-6-4-3-5-7-14/h3-7,13,16-17H,2,8-12H2,1H3. The smallest absolute Gasteiger partial charge is 0.0661 e. The van der Waals surface area contributed by atoms with Crippen molar-refractivity contribution in [2.45, 2.75) is 44.6 Å². The van der Waals surface area contributed by atoms with Gasteiger partial charge in [-0.15, -0.1) is 0 Å². The van der Waals surface area contributed by atoms with Gasteiger partial charge in [0.2, 0.25) is 0 Å². The lowest BCUT2D eigenvalue weighted by Crippen LogP contribution is -2.45. The Labute approximate surface area is 104 Å². The molecule has 0 radical (unpaired) electrons. The molecule has 0 amide bonds. The molecule has 0 spiro atoms. The third kappa shape index (κ3) is 3.01. The van der Waals surface area contributed by atoms with Crippen LogP contribution >= 0.6 is 0 Å². The Hall–Kier alpha value is -1.02. The number of aliphatic hydroxyl groups excluding tert-OH is 1. The third-order valence-electron chi connectivity index (χ3n) is 4.13. The van der Waals surface area contributed by atoms with E-state index < -0.39 is 0 Å². The second kappa shape index (κ2) is 5.54. The van der Waals surface area contributed by atoms with Crippen LogP contribution in [0.5, 0.6) is 0 Å². The first-order valence-corrected chi connectivity index (χ1v) is 6.72. The number of aliphatic hydroxyl groups is 1. The Morgan fingerprint density at radius 3 is 2.41 bits per heavy atom. The minimum absolute atomic E-state index is 0.0903. The van der Waals surface area contributed by atoms with Gasteiger partial charge in [0.15, 0.2) is 0 Å². The number of nitrogens with one attached hydrogen (secondary N) is 1. The first-order valence-electron chi connectivity index (χ1n) is 6.72. The molecule has 1 saturated carbocycles. The van der Waals surface area contributed by atoms with Crippen molar-refractivity contribution in [1.82, 2.24) is 0 Å². The van der Waals surface area contributed by atoms with Gasteiger partial charge in [-0.25, -0.2) is 0 Å². The number of anilines is 1. The van der Waals surface area contributed by atoms with Crippen molar-refractivity contribution in [1.29, 1.82) is 0 Å². The molecule has 94 valence electrons. The lowest BCUT2D eigenvalue weighted by atomic mass is 9.76. The van der Waals surface area contributed by atoms with Crippen molar-refractivity contribution in [3.63, 3.8) is 0 Å². The predicted octanol–water partition coefficient (Wildman–Crippen LogP) is 3.43. The van der Waals surface area contributed by atoms with E-state index in [1.54, 1.807) is 0 Å². The Balaban J connectivity index is 2.01. The molecule has 2 rings (SSSR count). The topological polar surface area (TPSA) is 32.3 Å². The van der Waals surface area contributed by atoms with E-state index in [4.69, 9.17) is 0 Å². The fourth-order valence-electron chi connectivity index (χ4n) is 2.79. The summed E-state index contributed by atoms with van der Waals surface area (Å²) in [5.74, 6) is 0.854. The molecular formula is C15H23NO. The average Bonchev–Trinajstić information content (AvgIpc) is 2.41.